The van der Waals surface area contributed by atoms with Gasteiger partial charge in [0.1, 0.15) is 22.8 Å². The van der Waals surface area contributed by atoms with Crippen molar-refractivity contribution in [2.24, 2.45) is 5.16 Å². The van der Waals surface area contributed by atoms with E-state index in [4.69, 9.17) is 15.7 Å². The lowest BCUT2D eigenvalue weighted by atomic mass is 10.0. The predicted molar refractivity (Wildman–Crippen MR) is 138 cm³/mol. The van der Waals surface area contributed by atoms with Crippen LogP contribution in [0.1, 0.15) is 5.69 Å². The number of carbonyl (C=O) groups is 3. The number of carboxylic acid groups (broad SMARTS) is 1. The van der Waals surface area contributed by atoms with E-state index in [1.54, 1.807) is 11.6 Å². The SMILES string of the molecule is CSCON=C(C(=O)NC1C(=O)N2C(C(=O)O)=C(CSc3nnnn3CCO)CS[C@@H]12)c1csc(N)n1. The number of fused-ring (bicyclic) bond motifs is 1. The predicted octanol–water partition coefficient (Wildman–Crippen LogP) is -0.724. The summed E-state index contributed by atoms with van der Waals surface area (Å²) in [6.07, 6.45) is 1.80. The van der Waals surface area contributed by atoms with Gasteiger partial charge in [-0.05, 0) is 22.3 Å². The maximum absolute atomic E-state index is 13.0. The maximum atomic E-state index is 13.0. The normalized spacial score (nSPS) is 19.5. The van der Waals surface area contributed by atoms with Crippen LogP contribution in [0.3, 0.4) is 0 Å². The summed E-state index contributed by atoms with van der Waals surface area (Å²) in [5.41, 5.74) is 6.13. The summed E-state index contributed by atoms with van der Waals surface area (Å²) in [5.74, 6) is -1.76. The van der Waals surface area contributed by atoms with Crippen LogP contribution in [0, 0.1) is 0 Å². The second-order valence-corrected chi connectivity index (χ2v) is 11.1. The topological polar surface area (TPSA) is 211 Å². The number of aliphatic hydroxyl groups is 1. The van der Waals surface area contributed by atoms with Crippen LogP contribution in [0.5, 0.6) is 0 Å². The fourth-order valence-electron chi connectivity index (χ4n) is 3.44. The number of oxime groups is 1. The molecular formula is C18H21N9O6S4. The summed E-state index contributed by atoms with van der Waals surface area (Å²) >= 11 is 5.01. The van der Waals surface area contributed by atoms with Gasteiger partial charge in [0.05, 0.1) is 13.2 Å². The van der Waals surface area contributed by atoms with Gasteiger partial charge < -0.3 is 26.1 Å². The number of thiazole rings is 1. The van der Waals surface area contributed by atoms with Gasteiger partial charge in [-0.15, -0.1) is 40.0 Å². The zero-order chi connectivity index (χ0) is 26.5. The maximum Gasteiger partial charge on any atom is 0.352 e. The Morgan fingerprint density at radius 1 is 1.43 bits per heavy atom. The highest BCUT2D eigenvalue weighted by Crippen LogP contribution is 2.41. The number of nitrogens with zero attached hydrogens (tertiary/aromatic N) is 7. The highest BCUT2D eigenvalue weighted by molar-refractivity contribution is 8.01. The third-order valence-corrected chi connectivity index (χ3v) is 8.43. The van der Waals surface area contributed by atoms with Gasteiger partial charge in [-0.2, -0.15) is 0 Å². The van der Waals surface area contributed by atoms with Gasteiger partial charge in [0, 0.05) is 16.9 Å². The van der Waals surface area contributed by atoms with Gasteiger partial charge in [0.15, 0.2) is 16.8 Å². The molecule has 15 nitrogen and oxygen atoms in total. The molecule has 5 N–H and O–H groups in total. The molecule has 2 aliphatic rings. The van der Waals surface area contributed by atoms with Gasteiger partial charge in [-0.1, -0.05) is 16.9 Å². The van der Waals surface area contributed by atoms with Gasteiger partial charge in [-0.3, -0.25) is 14.5 Å². The average Bonchev–Trinajstić information content (AvgIpc) is 3.51. The van der Waals surface area contributed by atoms with E-state index in [-0.39, 0.29) is 47.1 Å². The molecule has 2 amide bonds. The molecular weight excluding hydrogens is 567 g/mol. The van der Waals surface area contributed by atoms with Gasteiger partial charge in [0.25, 0.3) is 11.8 Å². The van der Waals surface area contributed by atoms with Gasteiger partial charge in [0.2, 0.25) is 5.16 Å². The van der Waals surface area contributed by atoms with Crippen molar-refractivity contribution in [1.82, 2.24) is 35.4 Å². The first kappa shape index (κ1) is 27.2. The van der Waals surface area contributed by atoms with Crippen molar-refractivity contribution in [3.05, 3.63) is 22.3 Å². The number of aromatic nitrogens is 5. The second-order valence-electron chi connectivity index (χ2n) is 7.36. The number of aliphatic hydroxyl groups excluding tert-OH is 1. The Morgan fingerprint density at radius 2 is 2.24 bits per heavy atom. The zero-order valence-electron chi connectivity index (χ0n) is 19.1. The summed E-state index contributed by atoms with van der Waals surface area (Å²) in [6, 6.07) is -0.959. The first-order valence-electron chi connectivity index (χ1n) is 10.5. The largest absolute Gasteiger partial charge is 0.477 e. The minimum Gasteiger partial charge on any atom is -0.477 e. The number of hydrogen-bond donors (Lipinski definition) is 4. The Bertz CT molecular complexity index is 1250. The molecule has 198 valence electrons. The fraction of sp³-hybridized carbons (Fsp3) is 0.444. The van der Waals surface area contributed by atoms with E-state index in [9.17, 15) is 19.5 Å². The van der Waals surface area contributed by atoms with Crippen LogP contribution in [-0.2, 0) is 25.8 Å². The lowest BCUT2D eigenvalue weighted by molar-refractivity contribution is -0.150. The molecule has 0 aromatic carbocycles. The number of carboxylic acids is 1. The van der Waals surface area contributed by atoms with Crippen LogP contribution >= 0.6 is 46.6 Å². The van der Waals surface area contributed by atoms with Gasteiger partial charge >= 0.3 is 5.97 Å². The molecule has 2 aromatic heterocycles. The quantitative estimate of drug-likeness (QED) is 0.0603. The number of nitrogens with two attached hydrogens (primary N) is 1. The molecule has 0 aliphatic carbocycles. The molecule has 1 saturated heterocycles. The van der Waals surface area contributed by atoms with E-state index in [2.05, 4.69) is 31.0 Å². The minimum absolute atomic E-state index is 0.127. The summed E-state index contributed by atoms with van der Waals surface area (Å²) in [4.78, 5) is 48.5. The molecule has 0 saturated carbocycles. The first-order chi connectivity index (χ1) is 17.8. The van der Waals surface area contributed by atoms with E-state index in [0.29, 0.717) is 16.5 Å². The number of nitrogen functional groups attached to an aromatic ring is 1. The standard InChI is InChI=1S/C18H21N9O6S4/c1-34-7-33-23-10(9-6-36-17(19)20-9)13(29)21-11-14(30)27-12(16(31)32)8(4-35-15(11)27)5-37-18-22-24-25-26(18)2-3-28/h6,11,15,28H,2-5,7H2,1H3,(H2,19,20)(H,21,29)(H,31,32)/t11?,15-/m0/s1. The molecule has 1 unspecified atom stereocenters. The summed E-state index contributed by atoms with van der Waals surface area (Å²) < 4.78 is 1.41. The summed E-state index contributed by atoms with van der Waals surface area (Å²) in [6.45, 7) is 0.0463. The molecule has 1 fully saturated rings. The number of β-lactam (4-membered cyclic amide) rings is 1. The molecule has 0 bridgehead atoms. The number of nitrogens with one attached hydrogen (secondary N) is 1. The summed E-state index contributed by atoms with van der Waals surface area (Å²) in [5, 5.41) is 38.3. The lowest BCUT2D eigenvalue weighted by Crippen LogP contribution is -2.71. The van der Waals surface area contributed by atoms with E-state index >= 15 is 0 Å². The van der Waals surface area contributed by atoms with Crippen molar-refractivity contribution in [2.45, 2.75) is 23.1 Å². The molecule has 2 aliphatic heterocycles. The van der Waals surface area contributed by atoms with Crippen molar-refractivity contribution >= 4 is 75.2 Å². The number of tetrazole rings is 1. The second kappa shape index (κ2) is 12.1. The molecule has 19 heteroatoms. The molecule has 0 radical (unpaired) electrons. The Kier molecular flexibility index (Phi) is 8.90. The van der Waals surface area contributed by atoms with Crippen molar-refractivity contribution < 1.29 is 29.4 Å². The number of anilines is 1. The van der Waals surface area contributed by atoms with E-state index < -0.39 is 29.2 Å². The Hall–Kier alpha value is -2.87. The lowest BCUT2D eigenvalue weighted by Gasteiger charge is -2.49. The molecule has 0 spiro atoms. The Labute approximate surface area is 226 Å². The highest BCUT2D eigenvalue weighted by Gasteiger charge is 2.54. The van der Waals surface area contributed by atoms with Crippen LogP contribution in [-0.4, -0.2) is 106 Å². The van der Waals surface area contributed by atoms with E-state index in [0.717, 1.165) is 11.3 Å². The smallest absolute Gasteiger partial charge is 0.352 e. The number of aliphatic carboxylic acids is 1. The number of thioether (sulfide) groups is 3. The number of amides is 2. The Balaban J connectivity index is 1.48. The number of carbonyl (C=O) groups excluding carboxylic acids is 2. The molecule has 37 heavy (non-hydrogen) atoms. The van der Waals surface area contributed by atoms with Crippen molar-refractivity contribution in [1.29, 1.82) is 0 Å². The average molecular weight is 588 g/mol. The van der Waals surface area contributed by atoms with Crippen LogP contribution in [0.15, 0.2) is 27.0 Å². The third-order valence-electron chi connectivity index (χ3n) is 5.03. The summed E-state index contributed by atoms with van der Waals surface area (Å²) in [7, 11) is 0. The zero-order valence-corrected chi connectivity index (χ0v) is 22.4. The molecule has 4 rings (SSSR count). The van der Waals surface area contributed by atoms with E-state index in [1.807, 2.05) is 0 Å². The minimum atomic E-state index is -1.25. The first-order valence-corrected chi connectivity index (χ1v) is 14.8. The molecule has 2 aromatic rings. The monoisotopic (exact) mass is 587 g/mol. The third kappa shape index (κ3) is 5.84. The van der Waals surface area contributed by atoms with Crippen LogP contribution < -0.4 is 11.1 Å². The highest BCUT2D eigenvalue weighted by atomic mass is 32.2. The van der Waals surface area contributed by atoms with E-state index in [1.165, 1.54) is 44.9 Å². The van der Waals surface area contributed by atoms with Crippen LogP contribution in [0.25, 0.3) is 0 Å². The van der Waals surface area contributed by atoms with Crippen molar-refractivity contribution in [2.75, 3.05) is 36.0 Å². The molecule has 2 atom stereocenters. The van der Waals surface area contributed by atoms with Gasteiger partial charge in [-0.25, -0.2) is 14.5 Å². The fourth-order valence-corrected chi connectivity index (χ4v) is 6.53. The number of hydrogen-bond acceptors (Lipinski definition) is 15. The van der Waals surface area contributed by atoms with Crippen molar-refractivity contribution in [3.8, 4) is 0 Å². The van der Waals surface area contributed by atoms with Crippen LogP contribution in [0.2, 0.25) is 0 Å². The van der Waals surface area contributed by atoms with Crippen molar-refractivity contribution in [3.63, 3.8) is 0 Å². The number of rotatable bonds is 12. The Morgan fingerprint density at radius 3 is 2.92 bits per heavy atom. The molecule has 4 heterocycles. The van der Waals surface area contributed by atoms with Crippen LogP contribution in [0.4, 0.5) is 5.13 Å².